The Bertz CT molecular complexity index is 1950. The topological polar surface area (TPSA) is 40.2 Å². The lowest BCUT2D eigenvalue weighted by Crippen LogP contribution is -2.37. The molecule has 0 N–H and O–H groups in total. The molecule has 2 heterocycles. The van der Waals surface area contributed by atoms with Crippen molar-refractivity contribution in [2.45, 2.75) is 24.9 Å². The number of rotatable bonds is 5. The van der Waals surface area contributed by atoms with Gasteiger partial charge < -0.3 is 23.8 Å². The number of anilines is 1. The third-order valence-electron chi connectivity index (χ3n) is 9.94. The second-order valence-electron chi connectivity index (χ2n) is 12.6. The molecule has 3 aliphatic rings. The van der Waals surface area contributed by atoms with Crippen LogP contribution in [0, 0.1) is 0 Å². The monoisotopic (exact) mass is 595 g/mol. The first-order valence-electron chi connectivity index (χ1n) is 15.7. The van der Waals surface area contributed by atoms with Crippen molar-refractivity contribution in [3.8, 4) is 28.4 Å². The highest BCUT2D eigenvalue weighted by Gasteiger charge is 2.44. The summed E-state index contributed by atoms with van der Waals surface area (Å²) < 4.78 is 24.4. The summed E-state index contributed by atoms with van der Waals surface area (Å²) in [6, 6.07) is 32.3. The third-order valence-corrected chi connectivity index (χ3v) is 9.94. The van der Waals surface area contributed by atoms with Crippen LogP contribution in [0.5, 0.6) is 17.2 Å². The van der Waals surface area contributed by atoms with Crippen LogP contribution in [0.3, 0.4) is 0 Å². The van der Waals surface area contributed by atoms with Gasteiger partial charge >= 0.3 is 0 Å². The molecule has 5 nitrogen and oxygen atoms in total. The number of nitrogens with zero attached hydrogens (tertiary/aromatic N) is 1. The molecule has 5 heteroatoms. The molecule has 5 aromatic carbocycles. The number of methoxy groups -OCH3 is 2. The summed E-state index contributed by atoms with van der Waals surface area (Å²) in [5.74, 6) is 2.49. The largest absolute Gasteiger partial charge is 0.497 e. The second-order valence-corrected chi connectivity index (χ2v) is 12.6. The first-order chi connectivity index (χ1) is 21.9. The van der Waals surface area contributed by atoms with E-state index in [2.05, 4.69) is 110 Å². The summed E-state index contributed by atoms with van der Waals surface area (Å²) in [5.41, 5.74) is 8.57. The molecule has 1 aliphatic carbocycles. The minimum atomic E-state index is -0.858. The van der Waals surface area contributed by atoms with Crippen LogP contribution in [0.4, 0.5) is 5.69 Å². The van der Waals surface area contributed by atoms with Crippen molar-refractivity contribution in [1.82, 2.24) is 0 Å². The number of ether oxygens (including phenoxy) is 4. The van der Waals surface area contributed by atoms with Gasteiger partial charge in [0.25, 0.3) is 0 Å². The Hall–Kier alpha value is -4.74. The van der Waals surface area contributed by atoms with E-state index in [1.54, 1.807) is 14.2 Å². The molecular formula is C40H37NO4. The highest BCUT2D eigenvalue weighted by molar-refractivity contribution is 6.08. The van der Waals surface area contributed by atoms with Crippen LogP contribution in [0.2, 0.25) is 0 Å². The van der Waals surface area contributed by atoms with Crippen molar-refractivity contribution >= 4 is 22.5 Å². The molecule has 8 rings (SSSR count). The number of benzene rings is 5. The van der Waals surface area contributed by atoms with E-state index < -0.39 is 5.60 Å². The van der Waals surface area contributed by atoms with Crippen molar-refractivity contribution in [1.29, 1.82) is 0 Å². The molecule has 0 saturated carbocycles. The summed E-state index contributed by atoms with van der Waals surface area (Å²) in [7, 11) is 3.42. The predicted octanol–water partition coefficient (Wildman–Crippen LogP) is 8.35. The van der Waals surface area contributed by atoms with Gasteiger partial charge in [-0.25, -0.2) is 0 Å². The van der Waals surface area contributed by atoms with Gasteiger partial charge in [-0.15, -0.1) is 0 Å². The van der Waals surface area contributed by atoms with E-state index in [1.807, 2.05) is 12.1 Å². The Morgan fingerprint density at radius 1 is 0.733 bits per heavy atom. The number of morpholine rings is 1. The molecule has 0 spiro atoms. The van der Waals surface area contributed by atoms with Crippen LogP contribution in [0.1, 0.15) is 41.7 Å². The van der Waals surface area contributed by atoms with Gasteiger partial charge in [0.1, 0.15) is 17.2 Å². The number of hydrogen-bond acceptors (Lipinski definition) is 5. The zero-order valence-electron chi connectivity index (χ0n) is 26.2. The van der Waals surface area contributed by atoms with E-state index in [9.17, 15) is 0 Å². The average Bonchev–Trinajstić information content (AvgIpc) is 3.35. The van der Waals surface area contributed by atoms with Gasteiger partial charge in [-0.05, 0) is 76.2 Å². The predicted molar refractivity (Wildman–Crippen MR) is 181 cm³/mol. The van der Waals surface area contributed by atoms with E-state index >= 15 is 0 Å². The Morgan fingerprint density at radius 3 is 2.11 bits per heavy atom. The summed E-state index contributed by atoms with van der Waals surface area (Å²) >= 11 is 0. The van der Waals surface area contributed by atoms with Crippen LogP contribution in [0.15, 0.2) is 97.1 Å². The van der Waals surface area contributed by atoms with Gasteiger partial charge in [0.2, 0.25) is 0 Å². The molecule has 0 amide bonds. The van der Waals surface area contributed by atoms with Gasteiger partial charge in [-0.3, -0.25) is 0 Å². The Balaban J connectivity index is 1.37. The van der Waals surface area contributed by atoms with E-state index in [0.29, 0.717) is 0 Å². The molecule has 226 valence electrons. The van der Waals surface area contributed by atoms with Gasteiger partial charge in [-0.2, -0.15) is 0 Å². The van der Waals surface area contributed by atoms with E-state index in [4.69, 9.17) is 18.9 Å². The molecule has 0 aromatic heterocycles. The summed E-state index contributed by atoms with van der Waals surface area (Å²) in [5, 5.41) is 2.21. The van der Waals surface area contributed by atoms with Crippen molar-refractivity contribution in [3.63, 3.8) is 0 Å². The van der Waals surface area contributed by atoms with Crippen molar-refractivity contribution in [3.05, 3.63) is 125 Å². The van der Waals surface area contributed by atoms with Gasteiger partial charge in [-0.1, -0.05) is 68.5 Å². The molecular weight excluding hydrogens is 558 g/mol. The van der Waals surface area contributed by atoms with E-state index in [0.717, 1.165) is 65.6 Å². The van der Waals surface area contributed by atoms with Crippen LogP contribution < -0.4 is 19.1 Å². The standard InChI is InChI=1S/C40H37NO4/c1-39(2)35-8-6-5-7-32(35)36-31-18-17-30(43-4)25-34(31)38-33(37(36)39)19-20-40(45-38,27-11-15-29(42-3)16-12-27)26-9-13-28(14-10-26)41-21-23-44-24-22-41/h5-20,25H,21-24H2,1-4H3. The molecule has 2 aliphatic heterocycles. The normalized spacial score (nSPS) is 19.4. The highest BCUT2D eigenvalue weighted by Crippen LogP contribution is 2.58. The lowest BCUT2D eigenvalue weighted by Gasteiger charge is -2.39. The van der Waals surface area contributed by atoms with Gasteiger partial charge in [0.05, 0.1) is 27.4 Å². The fraction of sp³-hybridized carbons (Fsp3) is 0.250. The minimum absolute atomic E-state index is 0.197. The van der Waals surface area contributed by atoms with Crippen LogP contribution in [-0.4, -0.2) is 40.5 Å². The summed E-state index contributed by atoms with van der Waals surface area (Å²) in [4.78, 5) is 2.38. The highest BCUT2D eigenvalue weighted by atomic mass is 16.5. The molecule has 45 heavy (non-hydrogen) atoms. The van der Waals surface area contributed by atoms with Crippen LogP contribution in [0.25, 0.3) is 28.0 Å². The SMILES string of the molecule is COc1ccc(C2(c3ccc(N4CCOCC4)cc3)C=Cc3c4c(c5ccc(OC)cc5c3O2)-c2ccccc2C4(C)C)cc1. The zero-order chi connectivity index (χ0) is 30.8. The van der Waals surface area contributed by atoms with Crippen LogP contribution >= 0.6 is 0 Å². The van der Waals surface area contributed by atoms with Crippen molar-refractivity contribution in [2.75, 3.05) is 45.4 Å². The lowest BCUT2D eigenvalue weighted by molar-refractivity contribution is 0.122. The van der Waals surface area contributed by atoms with Crippen LogP contribution in [-0.2, 0) is 15.8 Å². The third kappa shape index (κ3) is 4.17. The van der Waals surface area contributed by atoms with E-state index in [1.165, 1.54) is 33.3 Å². The van der Waals surface area contributed by atoms with Crippen molar-refractivity contribution in [2.24, 2.45) is 0 Å². The maximum Gasteiger partial charge on any atom is 0.178 e. The van der Waals surface area contributed by atoms with Crippen molar-refractivity contribution < 1.29 is 18.9 Å². The molecule has 1 saturated heterocycles. The summed E-state index contributed by atoms with van der Waals surface area (Å²) in [6.07, 6.45) is 4.54. The second kappa shape index (κ2) is 10.4. The fourth-order valence-corrected chi connectivity index (χ4v) is 7.62. The number of fused-ring (bicyclic) bond motifs is 8. The molecule has 0 radical (unpaired) electrons. The first-order valence-corrected chi connectivity index (χ1v) is 15.7. The fourth-order valence-electron chi connectivity index (χ4n) is 7.62. The van der Waals surface area contributed by atoms with E-state index in [-0.39, 0.29) is 5.41 Å². The Morgan fingerprint density at radius 2 is 1.40 bits per heavy atom. The molecule has 1 atom stereocenters. The first kappa shape index (κ1) is 27.8. The molecule has 1 unspecified atom stereocenters. The minimum Gasteiger partial charge on any atom is -0.497 e. The zero-order valence-corrected chi connectivity index (χ0v) is 26.2. The number of hydrogen-bond donors (Lipinski definition) is 0. The Labute approximate surface area is 264 Å². The maximum atomic E-state index is 7.46. The molecule has 1 fully saturated rings. The quantitative estimate of drug-likeness (QED) is 0.204. The Kier molecular flexibility index (Phi) is 6.43. The average molecular weight is 596 g/mol. The lowest BCUT2D eigenvalue weighted by atomic mass is 9.77. The summed E-state index contributed by atoms with van der Waals surface area (Å²) in [6.45, 7) is 7.95. The molecule has 0 bridgehead atoms. The molecule has 5 aromatic rings. The van der Waals surface area contributed by atoms with Gasteiger partial charge in [0, 0.05) is 46.3 Å². The van der Waals surface area contributed by atoms with Gasteiger partial charge in [0.15, 0.2) is 5.60 Å². The maximum absolute atomic E-state index is 7.46. The smallest absolute Gasteiger partial charge is 0.178 e.